The number of carbonyl (C=O) groups excluding carboxylic acids is 1. The molecular weight excluding hydrogens is 461 g/mol. The summed E-state index contributed by atoms with van der Waals surface area (Å²) >= 11 is 1.83. The first kappa shape index (κ1) is 23.2. The summed E-state index contributed by atoms with van der Waals surface area (Å²) in [5.41, 5.74) is 0. The van der Waals surface area contributed by atoms with Gasteiger partial charge in [-0.3, -0.25) is 9.69 Å². The molecule has 0 bridgehead atoms. The van der Waals surface area contributed by atoms with E-state index in [0.717, 1.165) is 32.1 Å². The van der Waals surface area contributed by atoms with Crippen molar-refractivity contribution in [2.75, 3.05) is 46.8 Å². The van der Waals surface area contributed by atoms with Crippen LogP contribution in [-0.4, -0.2) is 68.5 Å². The highest BCUT2D eigenvalue weighted by atomic mass is 127. The van der Waals surface area contributed by atoms with Gasteiger partial charge >= 0.3 is 0 Å². The van der Waals surface area contributed by atoms with Gasteiger partial charge in [-0.1, -0.05) is 6.07 Å². The predicted octanol–water partition coefficient (Wildman–Crippen LogP) is 2.22. The van der Waals surface area contributed by atoms with Crippen LogP contribution in [0.5, 0.6) is 0 Å². The summed E-state index contributed by atoms with van der Waals surface area (Å²) in [6, 6.07) is 4.33. The van der Waals surface area contributed by atoms with Crippen molar-refractivity contribution < 1.29 is 4.79 Å². The molecule has 0 aliphatic carbocycles. The van der Waals surface area contributed by atoms with E-state index < -0.39 is 0 Å². The molecule has 1 aliphatic heterocycles. The van der Waals surface area contributed by atoms with Crippen LogP contribution >= 0.6 is 35.3 Å². The molecule has 2 N–H and O–H groups in total. The van der Waals surface area contributed by atoms with E-state index in [4.69, 9.17) is 0 Å². The van der Waals surface area contributed by atoms with E-state index in [0.29, 0.717) is 5.92 Å². The van der Waals surface area contributed by atoms with Crippen LogP contribution in [0.1, 0.15) is 24.6 Å². The number of hydrogen-bond acceptors (Lipinski definition) is 4. The molecule has 6 nitrogen and oxygen atoms in total. The average Bonchev–Trinajstić information content (AvgIpc) is 3.10. The third kappa shape index (κ3) is 8.22. The number of nitrogens with zero attached hydrogens (tertiary/aromatic N) is 3. The number of thiophene rings is 1. The van der Waals surface area contributed by atoms with Crippen LogP contribution in [0.25, 0.3) is 0 Å². The maximum absolute atomic E-state index is 11.7. The number of guanidine groups is 1. The van der Waals surface area contributed by atoms with Crippen molar-refractivity contribution in [2.24, 2.45) is 10.9 Å². The standard InChI is InChI=1S/C18H31N5OS.HI/c1-4-19-18(21-12-17(24)22(2)3)20-11-15-7-5-9-23(13-15)14-16-8-6-10-25-16;/h6,8,10,15H,4-5,7,9,11-14H2,1-3H3,(H2,19,20,21);1H. The molecule has 2 heterocycles. The smallest absolute Gasteiger partial charge is 0.243 e. The number of aliphatic imine (C=N–C) groups is 1. The fourth-order valence-corrected chi connectivity index (χ4v) is 3.70. The minimum atomic E-state index is 0. The number of nitrogens with one attached hydrogen (secondary N) is 2. The van der Waals surface area contributed by atoms with Crippen molar-refractivity contribution in [1.82, 2.24) is 20.4 Å². The van der Waals surface area contributed by atoms with Gasteiger partial charge < -0.3 is 15.5 Å². The van der Waals surface area contributed by atoms with E-state index in [-0.39, 0.29) is 36.4 Å². The number of likely N-dealkylation sites (tertiary alicyclic amines) is 1. The largest absolute Gasteiger partial charge is 0.357 e. The summed E-state index contributed by atoms with van der Waals surface area (Å²) in [4.78, 5) is 21.6. The monoisotopic (exact) mass is 493 g/mol. The lowest BCUT2D eigenvalue weighted by Crippen LogP contribution is -2.44. The number of likely N-dealkylation sites (N-methyl/N-ethyl adjacent to an activating group) is 1. The van der Waals surface area contributed by atoms with Gasteiger partial charge in [0.05, 0.1) is 0 Å². The Balaban J connectivity index is 0.00000338. The van der Waals surface area contributed by atoms with E-state index in [1.807, 2.05) is 18.3 Å². The van der Waals surface area contributed by atoms with Gasteiger partial charge in [0.2, 0.25) is 5.91 Å². The van der Waals surface area contributed by atoms with Gasteiger partial charge in [0.15, 0.2) is 5.96 Å². The molecular formula is C18H32IN5OS. The van der Waals surface area contributed by atoms with Gasteiger partial charge in [0, 0.05) is 45.2 Å². The molecule has 1 amide bonds. The van der Waals surface area contributed by atoms with Gasteiger partial charge in [-0.05, 0) is 43.7 Å². The molecule has 0 spiro atoms. The molecule has 26 heavy (non-hydrogen) atoms. The van der Waals surface area contributed by atoms with Crippen LogP contribution < -0.4 is 10.6 Å². The Labute approximate surface area is 178 Å². The molecule has 0 saturated carbocycles. The van der Waals surface area contributed by atoms with Crippen molar-refractivity contribution in [3.05, 3.63) is 22.4 Å². The third-order valence-electron chi connectivity index (χ3n) is 4.34. The highest BCUT2D eigenvalue weighted by molar-refractivity contribution is 14.0. The Hall–Kier alpha value is -0.870. The molecule has 1 atom stereocenters. The minimum Gasteiger partial charge on any atom is -0.357 e. The molecule has 1 fully saturated rings. The van der Waals surface area contributed by atoms with Crippen LogP contribution in [0, 0.1) is 5.92 Å². The third-order valence-corrected chi connectivity index (χ3v) is 5.20. The van der Waals surface area contributed by atoms with E-state index in [9.17, 15) is 4.79 Å². The Morgan fingerprint density at radius 3 is 2.88 bits per heavy atom. The number of piperidine rings is 1. The molecule has 1 aromatic heterocycles. The molecule has 8 heteroatoms. The van der Waals surface area contributed by atoms with Crippen LogP contribution in [-0.2, 0) is 11.3 Å². The van der Waals surface area contributed by atoms with Crippen LogP contribution in [0.3, 0.4) is 0 Å². The first-order chi connectivity index (χ1) is 12.1. The highest BCUT2D eigenvalue weighted by Crippen LogP contribution is 2.19. The topological polar surface area (TPSA) is 60.0 Å². The van der Waals surface area contributed by atoms with Gasteiger partial charge in [-0.15, -0.1) is 35.3 Å². The summed E-state index contributed by atoms with van der Waals surface area (Å²) in [5, 5.41) is 8.77. The number of amides is 1. The van der Waals surface area contributed by atoms with Gasteiger partial charge in [0.1, 0.15) is 6.54 Å². The summed E-state index contributed by atoms with van der Waals surface area (Å²) in [5.74, 6) is 1.35. The Morgan fingerprint density at radius 2 is 2.23 bits per heavy atom. The number of carbonyl (C=O) groups is 1. The fraction of sp³-hybridized carbons (Fsp3) is 0.667. The zero-order valence-electron chi connectivity index (χ0n) is 16.0. The fourth-order valence-electron chi connectivity index (χ4n) is 2.96. The molecule has 1 unspecified atom stereocenters. The maximum atomic E-state index is 11.7. The van der Waals surface area contributed by atoms with Crippen LogP contribution in [0.2, 0.25) is 0 Å². The predicted molar refractivity (Wildman–Crippen MR) is 120 cm³/mol. The Kier molecular flexibility index (Phi) is 11.1. The molecule has 0 aromatic carbocycles. The normalized spacial score (nSPS) is 18.1. The van der Waals surface area contributed by atoms with E-state index in [1.165, 1.54) is 24.3 Å². The lowest BCUT2D eigenvalue weighted by Gasteiger charge is -2.32. The molecule has 1 aromatic rings. The second-order valence-electron chi connectivity index (χ2n) is 6.69. The second kappa shape index (κ2) is 12.5. The Bertz CT molecular complexity index is 550. The lowest BCUT2D eigenvalue weighted by molar-refractivity contribution is -0.127. The molecule has 0 radical (unpaired) electrons. The zero-order chi connectivity index (χ0) is 18.1. The molecule has 1 aliphatic rings. The minimum absolute atomic E-state index is 0. The second-order valence-corrected chi connectivity index (χ2v) is 7.72. The van der Waals surface area contributed by atoms with Crippen LogP contribution in [0.4, 0.5) is 0 Å². The Morgan fingerprint density at radius 1 is 1.42 bits per heavy atom. The first-order valence-electron chi connectivity index (χ1n) is 9.05. The van der Waals surface area contributed by atoms with E-state index >= 15 is 0 Å². The number of halogens is 1. The van der Waals surface area contributed by atoms with E-state index in [1.54, 1.807) is 19.0 Å². The van der Waals surface area contributed by atoms with Crippen molar-refractivity contribution in [1.29, 1.82) is 0 Å². The average molecular weight is 493 g/mol. The molecule has 2 rings (SSSR count). The number of hydrogen-bond donors (Lipinski definition) is 2. The molecule has 1 saturated heterocycles. The highest BCUT2D eigenvalue weighted by Gasteiger charge is 2.20. The summed E-state index contributed by atoms with van der Waals surface area (Å²) in [7, 11) is 3.50. The zero-order valence-corrected chi connectivity index (χ0v) is 19.2. The lowest BCUT2D eigenvalue weighted by atomic mass is 9.98. The van der Waals surface area contributed by atoms with Gasteiger partial charge in [0.25, 0.3) is 0 Å². The first-order valence-corrected chi connectivity index (χ1v) is 9.93. The molecule has 148 valence electrons. The summed E-state index contributed by atoms with van der Waals surface area (Å²) in [6.07, 6.45) is 2.48. The van der Waals surface area contributed by atoms with Crippen molar-refractivity contribution in [3.63, 3.8) is 0 Å². The maximum Gasteiger partial charge on any atom is 0.243 e. The van der Waals surface area contributed by atoms with E-state index in [2.05, 4.69) is 38.0 Å². The van der Waals surface area contributed by atoms with Gasteiger partial charge in [-0.25, -0.2) is 4.99 Å². The van der Waals surface area contributed by atoms with Crippen LogP contribution in [0.15, 0.2) is 22.5 Å². The van der Waals surface area contributed by atoms with Crippen molar-refractivity contribution in [3.8, 4) is 0 Å². The van der Waals surface area contributed by atoms with Gasteiger partial charge in [-0.2, -0.15) is 0 Å². The summed E-state index contributed by atoms with van der Waals surface area (Å²) in [6.45, 7) is 7.24. The quantitative estimate of drug-likeness (QED) is 0.348. The van der Waals surface area contributed by atoms with Crippen molar-refractivity contribution in [2.45, 2.75) is 26.3 Å². The summed E-state index contributed by atoms with van der Waals surface area (Å²) < 4.78 is 0. The number of rotatable bonds is 7. The van der Waals surface area contributed by atoms with Crippen molar-refractivity contribution >= 4 is 47.2 Å². The SMILES string of the molecule is CCNC(=NCC(=O)N(C)C)NCC1CCCN(Cc2cccs2)C1.I.